The van der Waals surface area contributed by atoms with E-state index in [9.17, 15) is 9.59 Å². The summed E-state index contributed by atoms with van der Waals surface area (Å²) < 4.78 is 0. The van der Waals surface area contributed by atoms with Gasteiger partial charge in [0.1, 0.15) is 0 Å². The van der Waals surface area contributed by atoms with E-state index in [2.05, 4.69) is 10.6 Å². The van der Waals surface area contributed by atoms with Crippen molar-refractivity contribution in [3.8, 4) is 0 Å². The summed E-state index contributed by atoms with van der Waals surface area (Å²) in [7, 11) is 0. The summed E-state index contributed by atoms with van der Waals surface area (Å²) in [6, 6.07) is 7.06. The first-order chi connectivity index (χ1) is 8.26. The Morgan fingerprint density at radius 2 is 2.00 bits per heavy atom. The molecule has 0 spiro atoms. The van der Waals surface area contributed by atoms with Crippen molar-refractivity contribution >= 4 is 18.0 Å². The molecule has 17 heavy (non-hydrogen) atoms. The van der Waals surface area contributed by atoms with E-state index < -0.39 is 0 Å². The molecule has 0 bridgehead atoms. The van der Waals surface area contributed by atoms with Gasteiger partial charge >= 0.3 is 0 Å². The molecule has 1 rings (SSSR count). The van der Waals surface area contributed by atoms with Crippen molar-refractivity contribution in [1.29, 1.82) is 0 Å². The second-order valence-electron chi connectivity index (χ2n) is 3.56. The maximum absolute atomic E-state index is 11.4. The van der Waals surface area contributed by atoms with Crippen LogP contribution in [-0.2, 0) is 16.0 Å². The molecular formula is C12H16N2O3. The van der Waals surface area contributed by atoms with Gasteiger partial charge in [0.05, 0.1) is 6.42 Å². The fraction of sp³-hybridized carbons (Fsp3) is 0.333. The average molecular weight is 236 g/mol. The van der Waals surface area contributed by atoms with Gasteiger partial charge in [-0.15, -0.1) is 0 Å². The first-order valence-corrected chi connectivity index (χ1v) is 5.43. The highest BCUT2D eigenvalue weighted by Gasteiger charge is 2.02. The predicted molar refractivity (Wildman–Crippen MR) is 64.5 cm³/mol. The molecule has 0 saturated carbocycles. The number of aliphatic hydroxyl groups is 1. The van der Waals surface area contributed by atoms with Gasteiger partial charge < -0.3 is 15.7 Å². The van der Waals surface area contributed by atoms with E-state index in [0.29, 0.717) is 31.5 Å². The van der Waals surface area contributed by atoms with Gasteiger partial charge in [0.2, 0.25) is 12.3 Å². The van der Waals surface area contributed by atoms with Crippen molar-refractivity contribution in [2.45, 2.75) is 12.8 Å². The third kappa shape index (κ3) is 5.12. The number of hydrogen-bond acceptors (Lipinski definition) is 3. The van der Waals surface area contributed by atoms with Crippen LogP contribution in [0.25, 0.3) is 0 Å². The van der Waals surface area contributed by atoms with Gasteiger partial charge in [0.25, 0.3) is 0 Å². The summed E-state index contributed by atoms with van der Waals surface area (Å²) in [6.45, 7) is 0.562. The highest BCUT2D eigenvalue weighted by molar-refractivity contribution is 5.79. The predicted octanol–water partition coefficient (Wildman–Crippen LogP) is 0.296. The van der Waals surface area contributed by atoms with E-state index in [1.165, 1.54) is 0 Å². The highest BCUT2D eigenvalue weighted by atomic mass is 16.3. The SMILES string of the molecule is O=CNc1ccc(CC(=O)NCCCO)cc1. The second kappa shape index (κ2) is 7.40. The fourth-order valence-electron chi connectivity index (χ4n) is 1.34. The number of nitrogens with one attached hydrogen (secondary N) is 2. The lowest BCUT2D eigenvalue weighted by molar-refractivity contribution is -0.120. The van der Waals surface area contributed by atoms with E-state index in [4.69, 9.17) is 5.11 Å². The van der Waals surface area contributed by atoms with Crippen LogP contribution in [0, 0.1) is 0 Å². The van der Waals surface area contributed by atoms with Gasteiger partial charge in [-0.2, -0.15) is 0 Å². The maximum atomic E-state index is 11.4. The van der Waals surface area contributed by atoms with Crippen LogP contribution in [0.5, 0.6) is 0 Å². The summed E-state index contributed by atoms with van der Waals surface area (Å²) in [5, 5.41) is 13.8. The molecule has 0 aliphatic carbocycles. The molecular weight excluding hydrogens is 220 g/mol. The van der Waals surface area contributed by atoms with Crippen LogP contribution >= 0.6 is 0 Å². The van der Waals surface area contributed by atoms with E-state index in [1.54, 1.807) is 24.3 Å². The Morgan fingerprint density at radius 1 is 1.29 bits per heavy atom. The first kappa shape index (κ1) is 13.2. The minimum atomic E-state index is -0.0745. The molecule has 0 fully saturated rings. The molecule has 5 heteroatoms. The minimum absolute atomic E-state index is 0.0745. The Balaban J connectivity index is 2.40. The molecule has 0 aliphatic heterocycles. The van der Waals surface area contributed by atoms with E-state index in [1.807, 2.05) is 0 Å². The molecule has 0 aromatic heterocycles. The van der Waals surface area contributed by atoms with Crippen LogP contribution < -0.4 is 10.6 Å². The standard InChI is InChI=1S/C12H16N2O3/c15-7-1-6-13-12(17)8-10-2-4-11(5-3-10)14-9-16/h2-5,9,15H,1,6-8H2,(H,13,17)(H,14,16). The molecule has 0 atom stereocenters. The topological polar surface area (TPSA) is 78.4 Å². The third-order valence-corrected chi connectivity index (χ3v) is 2.20. The van der Waals surface area contributed by atoms with Crippen molar-refractivity contribution < 1.29 is 14.7 Å². The van der Waals surface area contributed by atoms with Gasteiger partial charge in [-0.1, -0.05) is 12.1 Å². The normalized spacial score (nSPS) is 9.71. The fourth-order valence-corrected chi connectivity index (χ4v) is 1.34. The molecule has 0 radical (unpaired) electrons. The number of hydrogen-bond donors (Lipinski definition) is 3. The monoisotopic (exact) mass is 236 g/mol. The summed E-state index contributed by atoms with van der Waals surface area (Å²) in [5.41, 5.74) is 1.58. The van der Waals surface area contributed by atoms with Crippen LogP contribution in [0.15, 0.2) is 24.3 Å². The lowest BCUT2D eigenvalue weighted by atomic mass is 10.1. The number of carbonyl (C=O) groups is 2. The molecule has 0 saturated heterocycles. The number of aliphatic hydroxyl groups excluding tert-OH is 1. The molecule has 1 aromatic carbocycles. The van der Waals surface area contributed by atoms with Crippen LogP contribution in [0.2, 0.25) is 0 Å². The van der Waals surface area contributed by atoms with E-state index in [0.717, 1.165) is 5.56 Å². The number of amides is 2. The van der Waals surface area contributed by atoms with Gasteiger partial charge in [-0.05, 0) is 24.1 Å². The molecule has 0 aliphatic rings. The summed E-state index contributed by atoms with van der Waals surface area (Å²) in [6.07, 6.45) is 1.47. The van der Waals surface area contributed by atoms with E-state index in [-0.39, 0.29) is 12.5 Å². The molecule has 92 valence electrons. The Labute approximate surface area is 99.8 Å². The summed E-state index contributed by atoms with van der Waals surface area (Å²) >= 11 is 0. The quantitative estimate of drug-likeness (QED) is 0.470. The number of carbonyl (C=O) groups excluding carboxylic acids is 2. The van der Waals surface area contributed by atoms with Crippen molar-refractivity contribution in [1.82, 2.24) is 5.32 Å². The lowest BCUT2D eigenvalue weighted by Crippen LogP contribution is -2.26. The van der Waals surface area contributed by atoms with Crippen LogP contribution in [0.1, 0.15) is 12.0 Å². The first-order valence-electron chi connectivity index (χ1n) is 5.43. The molecule has 1 aromatic rings. The zero-order valence-electron chi connectivity index (χ0n) is 9.48. The van der Waals surface area contributed by atoms with Crippen molar-refractivity contribution in [2.24, 2.45) is 0 Å². The van der Waals surface area contributed by atoms with Gasteiger partial charge in [-0.3, -0.25) is 9.59 Å². The maximum Gasteiger partial charge on any atom is 0.224 e. The molecule has 5 nitrogen and oxygen atoms in total. The zero-order chi connectivity index (χ0) is 12.5. The Morgan fingerprint density at radius 3 is 2.59 bits per heavy atom. The van der Waals surface area contributed by atoms with Crippen molar-refractivity contribution in [3.63, 3.8) is 0 Å². The number of rotatable bonds is 7. The average Bonchev–Trinajstić information content (AvgIpc) is 2.32. The Kier molecular flexibility index (Phi) is 5.74. The van der Waals surface area contributed by atoms with Crippen molar-refractivity contribution in [3.05, 3.63) is 29.8 Å². The van der Waals surface area contributed by atoms with E-state index >= 15 is 0 Å². The number of anilines is 1. The zero-order valence-corrected chi connectivity index (χ0v) is 9.48. The lowest BCUT2D eigenvalue weighted by Gasteiger charge is -2.05. The Bertz CT molecular complexity index is 363. The summed E-state index contributed by atoms with van der Waals surface area (Å²) in [4.78, 5) is 21.6. The van der Waals surface area contributed by atoms with Gasteiger partial charge in [0, 0.05) is 18.8 Å². The minimum Gasteiger partial charge on any atom is -0.396 e. The Hall–Kier alpha value is -1.88. The van der Waals surface area contributed by atoms with Crippen LogP contribution in [-0.4, -0.2) is 30.6 Å². The van der Waals surface area contributed by atoms with Crippen molar-refractivity contribution in [2.75, 3.05) is 18.5 Å². The second-order valence-corrected chi connectivity index (χ2v) is 3.56. The highest BCUT2D eigenvalue weighted by Crippen LogP contribution is 2.08. The summed E-state index contributed by atoms with van der Waals surface area (Å²) in [5.74, 6) is -0.0745. The molecule has 2 amide bonds. The molecule has 3 N–H and O–H groups in total. The number of benzene rings is 1. The van der Waals surface area contributed by atoms with Crippen LogP contribution in [0.4, 0.5) is 5.69 Å². The van der Waals surface area contributed by atoms with Gasteiger partial charge in [-0.25, -0.2) is 0 Å². The largest absolute Gasteiger partial charge is 0.396 e. The van der Waals surface area contributed by atoms with Crippen LogP contribution in [0.3, 0.4) is 0 Å². The van der Waals surface area contributed by atoms with Gasteiger partial charge in [0.15, 0.2) is 0 Å². The molecule has 0 unspecified atom stereocenters. The third-order valence-electron chi connectivity index (χ3n) is 2.20. The molecule has 0 heterocycles. The smallest absolute Gasteiger partial charge is 0.224 e.